The molecule has 34 heavy (non-hydrogen) atoms. The van der Waals surface area contributed by atoms with E-state index in [9.17, 15) is 20.4 Å². The highest BCUT2D eigenvalue weighted by atomic mass is 16.3. The van der Waals surface area contributed by atoms with Crippen molar-refractivity contribution in [3.8, 4) is 34.1 Å². The number of aromatic hydroxyl groups is 4. The first-order valence-corrected chi connectivity index (χ1v) is 10.9. The average molecular weight is 454 g/mol. The molecule has 2 aromatic heterocycles. The molecular weight excluding hydrogens is 432 g/mol. The van der Waals surface area contributed by atoms with E-state index in [2.05, 4.69) is 0 Å². The van der Waals surface area contributed by atoms with Crippen LogP contribution in [0.1, 0.15) is 22.3 Å². The zero-order valence-corrected chi connectivity index (χ0v) is 19.1. The van der Waals surface area contributed by atoms with E-state index in [1.807, 2.05) is 27.7 Å². The number of fused-ring (bicyclic) bond motifs is 6. The molecule has 6 heteroatoms. The number of benzene rings is 4. The Morgan fingerprint density at radius 3 is 1.65 bits per heavy atom. The van der Waals surface area contributed by atoms with Crippen LogP contribution in [0.4, 0.5) is 0 Å². The molecule has 0 atom stereocenters. The van der Waals surface area contributed by atoms with Gasteiger partial charge in [-0.15, -0.1) is 0 Å². The molecule has 0 aliphatic rings. The second-order valence-electron chi connectivity index (χ2n) is 9.04. The third kappa shape index (κ3) is 2.56. The van der Waals surface area contributed by atoms with E-state index in [0.29, 0.717) is 39.0 Å². The minimum Gasteiger partial charge on any atom is -0.508 e. The number of rotatable bonds is 1. The van der Waals surface area contributed by atoms with Gasteiger partial charge in [-0.05, 0) is 68.1 Å². The van der Waals surface area contributed by atoms with Crippen LogP contribution in [0.15, 0.2) is 45.2 Å². The molecule has 0 radical (unpaired) electrons. The minimum atomic E-state index is -0.0635. The number of phenolic OH excluding ortho intramolecular Hbond substituents is 4. The fraction of sp³-hybridized carbons (Fsp3) is 0.143. The minimum absolute atomic E-state index is 0.0224. The summed E-state index contributed by atoms with van der Waals surface area (Å²) in [5.41, 5.74) is 5.95. The summed E-state index contributed by atoms with van der Waals surface area (Å²) in [7, 11) is 0. The summed E-state index contributed by atoms with van der Waals surface area (Å²) in [5.74, 6) is 0.110. The van der Waals surface area contributed by atoms with E-state index in [0.717, 1.165) is 38.2 Å². The quantitative estimate of drug-likeness (QED) is 0.209. The zero-order chi connectivity index (χ0) is 24.0. The normalized spacial score (nSPS) is 12.0. The van der Waals surface area contributed by atoms with Crippen LogP contribution in [-0.2, 0) is 0 Å². The highest BCUT2D eigenvalue weighted by molar-refractivity contribution is 6.17. The molecule has 170 valence electrons. The van der Waals surface area contributed by atoms with Gasteiger partial charge in [0.25, 0.3) is 0 Å². The van der Waals surface area contributed by atoms with Crippen molar-refractivity contribution in [3.05, 3.63) is 58.7 Å². The van der Waals surface area contributed by atoms with Crippen LogP contribution in [-0.4, -0.2) is 20.4 Å². The molecule has 6 aromatic rings. The number of hydrogen-bond acceptors (Lipinski definition) is 6. The average Bonchev–Trinajstić information content (AvgIpc) is 3.28. The number of aryl methyl sites for hydroxylation is 4. The van der Waals surface area contributed by atoms with Gasteiger partial charge >= 0.3 is 0 Å². The van der Waals surface area contributed by atoms with Crippen molar-refractivity contribution in [2.24, 2.45) is 0 Å². The summed E-state index contributed by atoms with van der Waals surface area (Å²) >= 11 is 0. The number of furan rings is 2. The fourth-order valence-corrected chi connectivity index (χ4v) is 5.40. The molecule has 6 rings (SSSR count). The Labute approximate surface area is 193 Å². The summed E-state index contributed by atoms with van der Waals surface area (Å²) in [6.45, 7) is 7.54. The van der Waals surface area contributed by atoms with E-state index in [1.165, 1.54) is 6.07 Å². The second-order valence-corrected chi connectivity index (χ2v) is 9.04. The molecule has 4 N–H and O–H groups in total. The first kappa shape index (κ1) is 20.3. The highest BCUT2D eigenvalue weighted by Crippen LogP contribution is 2.50. The van der Waals surface area contributed by atoms with Gasteiger partial charge in [0.05, 0.1) is 5.56 Å². The molecular formula is C28H22O6. The smallest absolute Gasteiger partial charge is 0.147 e. The van der Waals surface area contributed by atoms with Crippen molar-refractivity contribution < 1.29 is 29.3 Å². The monoisotopic (exact) mass is 454 g/mol. The molecule has 2 heterocycles. The summed E-state index contributed by atoms with van der Waals surface area (Å²) < 4.78 is 12.2. The Bertz CT molecular complexity index is 1830. The van der Waals surface area contributed by atoms with Crippen molar-refractivity contribution in [1.82, 2.24) is 0 Å². The highest BCUT2D eigenvalue weighted by Gasteiger charge is 2.26. The van der Waals surface area contributed by atoms with Crippen LogP contribution >= 0.6 is 0 Å². The van der Waals surface area contributed by atoms with Crippen LogP contribution in [0, 0.1) is 27.7 Å². The predicted molar refractivity (Wildman–Crippen MR) is 132 cm³/mol. The van der Waals surface area contributed by atoms with Crippen molar-refractivity contribution >= 4 is 43.9 Å². The van der Waals surface area contributed by atoms with Gasteiger partial charge in [-0.1, -0.05) is 0 Å². The predicted octanol–water partition coefficient (Wildman–Crippen LogP) is 7.21. The van der Waals surface area contributed by atoms with Crippen molar-refractivity contribution in [1.29, 1.82) is 0 Å². The second kappa shape index (κ2) is 6.60. The Balaban J connectivity index is 1.81. The molecule has 6 nitrogen and oxygen atoms in total. The zero-order valence-electron chi connectivity index (χ0n) is 19.1. The maximum absolute atomic E-state index is 11.1. The molecule has 0 bridgehead atoms. The van der Waals surface area contributed by atoms with Gasteiger partial charge < -0.3 is 29.3 Å². The Morgan fingerprint density at radius 1 is 0.500 bits per heavy atom. The molecule has 0 amide bonds. The van der Waals surface area contributed by atoms with Crippen LogP contribution in [0.3, 0.4) is 0 Å². The third-order valence-electron chi connectivity index (χ3n) is 6.73. The Hall–Kier alpha value is -4.32. The molecule has 0 aliphatic heterocycles. The standard InChI is InChI=1S/C28H22O6/c1-11-5-16(30)9-20-22(11)24-13(3)7-17(31)27(28(24)34-20)25-14(4)26-21(10-18(25)32)33-19-8-15(29)6-12(2)23(19)26/h5-10,29-32H,1-4H3. The molecule has 0 aliphatic carbocycles. The van der Waals surface area contributed by atoms with Crippen LogP contribution in [0.2, 0.25) is 0 Å². The van der Waals surface area contributed by atoms with Crippen LogP contribution < -0.4 is 0 Å². The third-order valence-corrected chi connectivity index (χ3v) is 6.73. The van der Waals surface area contributed by atoms with Crippen molar-refractivity contribution in [2.45, 2.75) is 27.7 Å². The first-order valence-electron chi connectivity index (χ1n) is 10.9. The lowest BCUT2D eigenvalue weighted by molar-refractivity contribution is 0.467. The topological polar surface area (TPSA) is 107 Å². The van der Waals surface area contributed by atoms with E-state index >= 15 is 0 Å². The van der Waals surface area contributed by atoms with E-state index < -0.39 is 0 Å². The summed E-state index contributed by atoms with van der Waals surface area (Å²) in [5, 5.41) is 45.6. The van der Waals surface area contributed by atoms with Gasteiger partial charge in [0, 0.05) is 45.3 Å². The molecule has 0 spiro atoms. The van der Waals surface area contributed by atoms with Crippen LogP contribution in [0.5, 0.6) is 23.0 Å². The SMILES string of the molecule is Cc1cc(O)cc2oc3cc(O)c(-c4c(O)cc(C)c5c4oc4cc(O)cc(C)c45)c(C)c3c12. The lowest BCUT2D eigenvalue weighted by Crippen LogP contribution is -1.90. The van der Waals surface area contributed by atoms with Gasteiger partial charge in [-0.25, -0.2) is 0 Å². The summed E-state index contributed by atoms with van der Waals surface area (Å²) in [6, 6.07) is 9.64. The maximum Gasteiger partial charge on any atom is 0.147 e. The van der Waals surface area contributed by atoms with E-state index in [-0.39, 0.29) is 23.0 Å². The van der Waals surface area contributed by atoms with Gasteiger partial charge in [-0.2, -0.15) is 0 Å². The lowest BCUT2D eigenvalue weighted by Gasteiger charge is -2.13. The van der Waals surface area contributed by atoms with Gasteiger partial charge in [0.15, 0.2) is 0 Å². The summed E-state index contributed by atoms with van der Waals surface area (Å²) in [6.07, 6.45) is 0. The summed E-state index contributed by atoms with van der Waals surface area (Å²) in [4.78, 5) is 0. The van der Waals surface area contributed by atoms with Gasteiger partial charge in [-0.3, -0.25) is 0 Å². The molecule has 0 fully saturated rings. The molecule has 0 saturated heterocycles. The van der Waals surface area contributed by atoms with E-state index in [4.69, 9.17) is 8.83 Å². The molecule has 0 unspecified atom stereocenters. The Kier molecular flexibility index (Phi) is 3.94. The molecule has 4 aromatic carbocycles. The number of hydrogen-bond donors (Lipinski definition) is 4. The maximum atomic E-state index is 11.1. The lowest BCUT2D eigenvalue weighted by atomic mass is 9.91. The first-order chi connectivity index (χ1) is 16.2. The fourth-order valence-electron chi connectivity index (χ4n) is 5.40. The molecule has 0 saturated carbocycles. The Morgan fingerprint density at radius 2 is 1.00 bits per heavy atom. The van der Waals surface area contributed by atoms with Gasteiger partial charge in [0.1, 0.15) is 45.3 Å². The van der Waals surface area contributed by atoms with E-state index in [1.54, 1.807) is 30.3 Å². The largest absolute Gasteiger partial charge is 0.508 e. The van der Waals surface area contributed by atoms with Crippen molar-refractivity contribution in [2.75, 3.05) is 0 Å². The van der Waals surface area contributed by atoms with Crippen LogP contribution in [0.25, 0.3) is 55.0 Å². The van der Waals surface area contributed by atoms with Crippen molar-refractivity contribution in [3.63, 3.8) is 0 Å². The number of phenols is 4. The van der Waals surface area contributed by atoms with Gasteiger partial charge in [0.2, 0.25) is 0 Å².